The van der Waals surface area contributed by atoms with Crippen LogP contribution in [0, 0.1) is 5.92 Å². The fourth-order valence-corrected chi connectivity index (χ4v) is 0.873. The van der Waals surface area contributed by atoms with E-state index in [1.807, 2.05) is 0 Å². The predicted molar refractivity (Wildman–Crippen MR) is 59.5 cm³/mol. The maximum absolute atomic E-state index is 11.2. The van der Waals surface area contributed by atoms with Gasteiger partial charge >= 0.3 is 0 Å². The number of carbonyl (C=O) groups excluding carboxylic acids is 3. The minimum atomic E-state index is -0.375. The highest BCUT2D eigenvalue weighted by Crippen LogP contribution is 1.89. The van der Waals surface area contributed by atoms with Crippen molar-refractivity contribution in [3.8, 4) is 0 Å². The van der Waals surface area contributed by atoms with E-state index < -0.39 is 0 Å². The average molecular weight is 229 g/mol. The molecule has 0 saturated heterocycles. The van der Waals surface area contributed by atoms with Crippen LogP contribution in [-0.2, 0) is 14.4 Å². The van der Waals surface area contributed by atoms with Crippen molar-refractivity contribution < 1.29 is 14.4 Å². The zero-order chi connectivity index (χ0) is 12.6. The van der Waals surface area contributed by atoms with Crippen LogP contribution in [0.25, 0.3) is 0 Å². The number of nitrogens with one attached hydrogen (secondary N) is 3. The lowest BCUT2D eigenvalue weighted by molar-refractivity contribution is -0.128. The average Bonchev–Trinajstić information content (AvgIpc) is 2.23. The summed E-state index contributed by atoms with van der Waals surface area (Å²) >= 11 is 0. The van der Waals surface area contributed by atoms with Crippen LogP contribution in [0.3, 0.4) is 0 Å². The van der Waals surface area contributed by atoms with E-state index in [0.717, 1.165) is 0 Å². The molecule has 0 heterocycles. The topological polar surface area (TPSA) is 87.3 Å². The summed E-state index contributed by atoms with van der Waals surface area (Å²) in [5.74, 6) is -0.962. The quantitative estimate of drug-likeness (QED) is 0.546. The fraction of sp³-hybridized carbons (Fsp3) is 0.700. The largest absolute Gasteiger partial charge is 0.355 e. The number of carbonyl (C=O) groups is 3. The fourth-order valence-electron chi connectivity index (χ4n) is 0.873. The molecule has 0 atom stereocenters. The van der Waals surface area contributed by atoms with Crippen molar-refractivity contribution >= 4 is 17.7 Å². The molecule has 0 aromatic carbocycles. The molecular weight excluding hydrogens is 210 g/mol. The molecule has 0 spiro atoms. The summed E-state index contributed by atoms with van der Waals surface area (Å²) in [7, 11) is 0. The summed E-state index contributed by atoms with van der Waals surface area (Å²) < 4.78 is 0. The molecule has 3 N–H and O–H groups in total. The third-order valence-corrected chi connectivity index (χ3v) is 1.77. The van der Waals surface area contributed by atoms with Crippen LogP contribution in [0.2, 0.25) is 0 Å². The van der Waals surface area contributed by atoms with Crippen molar-refractivity contribution in [2.45, 2.75) is 20.8 Å². The molecule has 6 heteroatoms. The molecule has 0 bridgehead atoms. The van der Waals surface area contributed by atoms with Crippen LogP contribution in [0.1, 0.15) is 20.8 Å². The van der Waals surface area contributed by atoms with Gasteiger partial charge in [-0.3, -0.25) is 14.4 Å². The molecule has 16 heavy (non-hydrogen) atoms. The number of hydrogen-bond acceptors (Lipinski definition) is 3. The van der Waals surface area contributed by atoms with Crippen molar-refractivity contribution in [2.24, 2.45) is 5.92 Å². The highest BCUT2D eigenvalue weighted by Gasteiger charge is 2.09. The first-order chi connectivity index (χ1) is 7.47. The maximum Gasteiger partial charge on any atom is 0.239 e. The van der Waals surface area contributed by atoms with Crippen LogP contribution < -0.4 is 16.0 Å². The lowest BCUT2D eigenvalue weighted by Crippen LogP contribution is -2.42. The normalized spacial score (nSPS) is 9.75. The Morgan fingerprint density at radius 1 is 0.938 bits per heavy atom. The minimum Gasteiger partial charge on any atom is -0.355 e. The SMILES string of the molecule is CCNC(=O)CNC(=O)CNC(=O)C(C)C. The molecule has 92 valence electrons. The molecule has 0 radical (unpaired) electrons. The molecule has 0 rings (SSSR count). The molecule has 0 aliphatic carbocycles. The smallest absolute Gasteiger partial charge is 0.239 e. The Morgan fingerprint density at radius 3 is 1.94 bits per heavy atom. The van der Waals surface area contributed by atoms with E-state index in [1.165, 1.54) is 0 Å². The van der Waals surface area contributed by atoms with Gasteiger partial charge in [0.05, 0.1) is 13.1 Å². The van der Waals surface area contributed by atoms with Gasteiger partial charge in [-0.15, -0.1) is 0 Å². The zero-order valence-electron chi connectivity index (χ0n) is 9.92. The van der Waals surface area contributed by atoms with Crippen LogP contribution in [0.15, 0.2) is 0 Å². The van der Waals surface area contributed by atoms with Gasteiger partial charge in [-0.1, -0.05) is 13.8 Å². The van der Waals surface area contributed by atoms with Gasteiger partial charge in [-0.05, 0) is 6.92 Å². The van der Waals surface area contributed by atoms with Crippen molar-refractivity contribution in [3.05, 3.63) is 0 Å². The number of rotatable bonds is 6. The van der Waals surface area contributed by atoms with E-state index in [0.29, 0.717) is 6.54 Å². The second kappa shape index (κ2) is 7.67. The molecule has 0 aromatic rings. The van der Waals surface area contributed by atoms with Crippen molar-refractivity contribution in [1.29, 1.82) is 0 Å². The van der Waals surface area contributed by atoms with Gasteiger partial charge in [-0.25, -0.2) is 0 Å². The summed E-state index contributed by atoms with van der Waals surface area (Å²) in [6.45, 7) is 5.63. The van der Waals surface area contributed by atoms with E-state index in [1.54, 1.807) is 20.8 Å². The summed E-state index contributed by atoms with van der Waals surface area (Å²) in [5, 5.41) is 7.39. The van der Waals surface area contributed by atoms with E-state index >= 15 is 0 Å². The number of likely N-dealkylation sites (N-methyl/N-ethyl adjacent to an activating group) is 1. The van der Waals surface area contributed by atoms with Crippen LogP contribution in [0.4, 0.5) is 0 Å². The Labute approximate surface area is 95.2 Å². The predicted octanol–water partition coefficient (Wildman–Crippen LogP) is -0.989. The Balaban J connectivity index is 3.67. The highest BCUT2D eigenvalue weighted by molar-refractivity contribution is 5.88. The Bertz CT molecular complexity index is 264. The standard InChI is InChI=1S/C10H19N3O3/c1-4-11-8(14)5-12-9(15)6-13-10(16)7(2)3/h7H,4-6H2,1-3H3,(H,11,14)(H,12,15)(H,13,16). The summed E-state index contributed by atoms with van der Waals surface area (Å²) in [5.41, 5.74) is 0. The van der Waals surface area contributed by atoms with Crippen LogP contribution in [-0.4, -0.2) is 37.4 Å². The molecule has 0 aliphatic heterocycles. The third-order valence-electron chi connectivity index (χ3n) is 1.77. The van der Waals surface area contributed by atoms with Crippen molar-refractivity contribution in [1.82, 2.24) is 16.0 Å². The van der Waals surface area contributed by atoms with Gasteiger partial charge in [0.25, 0.3) is 0 Å². The summed E-state index contributed by atoms with van der Waals surface area (Å²) in [6, 6.07) is 0. The summed E-state index contributed by atoms with van der Waals surface area (Å²) in [6.07, 6.45) is 0. The van der Waals surface area contributed by atoms with Gasteiger partial charge in [-0.2, -0.15) is 0 Å². The zero-order valence-corrected chi connectivity index (χ0v) is 9.92. The van der Waals surface area contributed by atoms with E-state index in [-0.39, 0.29) is 36.7 Å². The maximum atomic E-state index is 11.2. The molecule has 0 aromatic heterocycles. The first kappa shape index (κ1) is 14.4. The van der Waals surface area contributed by atoms with Crippen molar-refractivity contribution in [3.63, 3.8) is 0 Å². The van der Waals surface area contributed by atoms with Crippen LogP contribution in [0.5, 0.6) is 0 Å². The Morgan fingerprint density at radius 2 is 1.44 bits per heavy atom. The molecule has 0 saturated carbocycles. The van der Waals surface area contributed by atoms with Gasteiger partial charge in [0.15, 0.2) is 0 Å². The van der Waals surface area contributed by atoms with Crippen LogP contribution >= 0.6 is 0 Å². The third kappa shape index (κ3) is 6.80. The molecule has 3 amide bonds. The van der Waals surface area contributed by atoms with Gasteiger partial charge in [0.1, 0.15) is 0 Å². The summed E-state index contributed by atoms with van der Waals surface area (Å²) in [4.78, 5) is 33.3. The van der Waals surface area contributed by atoms with E-state index in [4.69, 9.17) is 0 Å². The minimum absolute atomic E-state index is 0.0653. The highest BCUT2D eigenvalue weighted by atomic mass is 16.2. The molecule has 0 fully saturated rings. The van der Waals surface area contributed by atoms with Gasteiger partial charge < -0.3 is 16.0 Å². The first-order valence-electron chi connectivity index (χ1n) is 5.28. The van der Waals surface area contributed by atoms with Gasteiger partial charge in [0, 0.05) is 12.5 Å². The second-order valence-electron chi connectivity index (χ2n) is 3.60. The Kier molecular flexibility index (Phi) is 6.91. The second-order valence-corrected chi connectivity index (χ2v) is 3.60. The lowest BCUT2D eigenvalue weighted by Gasteiger charge is -2.08. The van der Waals surface area contributed by atoms with E-state index in [2.05, 4.69) is 16.0 Å². The number of hydrogen-bond donors (Lipinski definition) is 3. The Hall–Kier alpha value is -1.59. The molecule has 6 nitrogen and oxygen atoms in total. The molecule has 0 unspecified atom stereocenters. The number of amides is 3. The van der Waals surface area contributed by atoms with E-state index in [9.17, 15) is 14.4 Å². The first-order valence-corrected chi connectivity index (χ1v) is 5.28. The monoisotopic (exact) mass is 229 g/mol. The molecule has 0 aliphatic rings. The molecular formula is C10H19N3O3. The van der Waals surface area contributed by atoms with Gasteiger partial charge in [0.2, 0.25) is 17.7 Å². The van der Waals surface area contributed by atoms with Crippen molar-refractivity contribution in [2.75, 3.05) is 19.6 Å². The lowest BCUT2D eigenvalue weighted by atomic mass is 10.2.